The molecular weight excluding hydrogens is 513 g/mol. The van der Waals surface area contributed by atoms with Gasteiger partial charge in [0.2, 0.25) is 10.0 Å². The van der Waals surface area contributed by atoms with Crippen LogP contribution in [0, 0.1) is 0 Å². The van der Waals surface area contributed by atoms with E-state index < -0.39 is 10.0 Å². The minimum absolute atomic E-state index is 0.132. The van der Waals surface area contributed by atoms with Gasteiger partial charge in [-0.15, -0.1) is 0 Å². The molecule has 0 aliphatic carbocycles. The van der Waals surface area contributed by atoms with Crippen molar-refractivity contribution >= 4 is 50.3 Å². The Morgan fingerprint density at radius 3 is 2.50 bits per heavy atom. The SMILES string of the molecule is CCN1C(=O)C(=Cc2cn(-c3ccccc3)nc2-c2cccc(S(=O)(=O)N3CCCCC3)c2)SC1=S. The molecule has 7 nitrogen and oxygen atoms in total. The first-order chi connectivity index (χ1) is 17.4. The first-order valence-electron chi connectivity index (χ1n) is 11.9. The summed E-state index contributed by atoms with van der Waals surface area (Å²) >= 11 is 6.64. The molecule has 0 radical (unpaired) electrons. The summed E-state index contributed by atoms with van der Waals surface area (Å²) < 4.78 is 30.5. The van der Waals surface area contributed by atoms with Gasteiger partial charge < -0.3 is 0 Å². The molecular formula is C26H26N4O3S3. The molecule has 0 atom stereocenters. The van der Waals surface area contributed by atoms with Crippen molar-refractivity contribution in [1.82, 2.24) is 19.0 Å². The van der Waals surface area contributed by atoms with Crippen LogP contribution in [0.3, 0.4) is 0 Å². The normalized spacial score (nSPS) is 18.4. The molecule has 3 heterocycles. The molecule has 3 aromatic rings. The molecule has 0 N–H and O–H groups in total. The lowest BCUT2D eigenvalue weighted by Crippen LogP contribution is -2.35. The van der Waals surface area contributed by atoms with Crippen LogP contribution in [-0.2, 0) is 14.8 Å². The monoisotopic (exact) mass is 538 g/mol. The summed E-state index contributed by atoms with van der Waals surface area (Å²) in [5.74, 6) is -0.132. The Bertz CT molecular complexity index is 1440. The molecule has 5 rings (SSSR count). The minimum atomic E-state index is -3.60. The molecule has 2 aliphatic rings. The second-order valence-corrected chi connectivity index (χ2v) is 12.2. The maximum Gasteiger partial charge on any atom is 0.266 e. The summed E-state index contributed by atoms with van der Waals surface area (Å²) in [5, 5.41) is 4.81. The van der Waals surface area contributed by atoms with E-state index in [4.69, 9.17) is 17.3 Å². The summed E-state index contributed by atoms with van der Waals surface area (Å²) in [7, 11) is -3.60. The Morgan fingerprint density at radius 1 is 1.06 bits per heavy atom. The standard InChI is InChI=1S/C26H26N4O3S3/c1-2-29-25(31)23(35-26(29)34)17-20-18-30(21-11-5-3-6-12-21)27-24(20)19-10-9-13-22(16-19)36(32,33)28-14-7-4-8-15-28/h3,5-6,9-13,16-18H,2,4,7-8,14-15H2,1H3. The van der Waals surface area contributed by atoms with Gasteiger partial charge in [-0.2, -0.15) is 9.40 Å². The second kappa shape index (κ2) is 10.3. The number of likely N-dealkylation sites (N-methyl/N-ethyl adjacent to an activating group) is 1. The molecule has 10 heteroatoms. The van der Waals surface area contributed by atoms with Crippen molar-refractivity contribution in [3.05, 3.63) is 71.3 Å². The van der Waals surface area contributed by atoms with E-state index in [1.165, 1.54) is 11.8 Å². The molecule has 2 aromatic carbocycles. The van der Waals surface area contributed by atoms with Gasteiger partial charge in [0, 0.05) is 37.0 Å². The number of rotatable bonds is 6. The molecule has 0 bridgehead atoms. The lowest BCUT2D eigenvalue weighted by atomic mass is 10.1. The molecule has 0 unspecified atom stereocenters. The third-order valence-electron chi connectivity index (χ3n) is 6.30. The van der Waals surface area contributed by atoms with E-state index in [0.29, 0.717) is 45.7 Å². The smallest absolute Gasteiger partial charge is 0.266 e. The number of thiocarbonyl (C=S) groups is 1. The van der Waals surface area contributed by atoms with Gasteiger partial charge in [0.1, 0.15) is 10.0 Å². The van der Waals surface area contributed by atoms with Crippen LogP contribution in [0.25, 0.3) is 23.0 Å². The average Bonchev–Trinajstić information content (AvgIpc) is 3.45. The lowest BCUT2D eigenvalue weighted by Gasteiger charge is -2.26. The van der Waals surface area contributed by atoms with Gasteiger partial charge in [-0.25, -0.2) is 13.1 Å². The number of thioether (sulfide) groups is 1. The molecule has 2 aliphatic heterocycles. The zero-order valence-corrected chi connectivity index (χ0v) is 22.3. The number of hydrogen-bond donors (Lipinski definition) is 0. The number of aromatic nitrogens is 2. The van der Waals surface area contributed by atoms with Gasteiger partial charge in [0.15, 0.2) is 0 Å². The first kappa shape index (κ1) is 24.9. The predicted molar refractivity (Wildman–Crippen MR) is 147 cm³/mol. The molecule has 2 saturated heterocycles. The summed E-state index contributed by atoms with van der Waals surface area (Å²) in [5.41, 5.74) is 2.83. The highest BCUT2D eigenvalue weighted by Gasteiger charge is 2.31. The van der Waals surface area contributed by atoms with Gasteiger partial charge in [-0.3, -0.25) is 9.69 Å². The van der Waals surface area contributed by atoms with Crippen molar-refractivity contribution in [2.24, 2.45) is 0 Å². The number of piperidine rings is 1. The van der Waals surface area contributed by atoms with Crippen LogP contribution >= 0.6 is 24.0 Å². The lowest BCUT2D eigenvalue weighted by molar-refractivity contribution is -0.121. The summed E-state index contributed by atoms with van der Waals surface area (Å²) in [6.07, 6.45) is 6.45. The van der Waals surface area contributed by atoms with Crippen molar-refractivity contribution in [3.8, 4) is 16.9 Å². The zero-order chi connectivity index (χ0) is 25.3. The molecule has 0 saturated carbocycles. The van der Waals surface area contributed by atoms with E-state index in [1.807, 2.05) is 49.5 Å². The maximum atomic E-state index is 13.3. The van der Waals surface area contributed by atoms with E-state index in [1.54, 1.807) is 38.2 Å². The summed E-state index contributed by atoms with van der Waals surface area (Å²) in [6, 6.07) is 16.6. The Labute approximate surface area is 220 Å². The van der Waals surface area contributed by atoms with Crippen molar-refractivity contribution in [2.75, 3.05) is 19.6 Å². The van der Waals surface area contributed by atoms with Gasteiger partial charge in [-0.1, -0.05) is 60.7 Å². The van der Waals surface area contributed by atoms with E-state index >= 15 is 0 Å². The number of hydrogen-bond acceptors (Lipinski definition) is 6. The fraction of sp³-hybridized carbons (Fsp3) is 0.269. The van der Waals surface area contributed by atoms with Crippen LogP contribution in [0.15, 0.2) is 70.6 Å². The number of sulfonamides is 1. The molecule has 1 amide bonds. The predicted octanol–water partition coefficient (Wildman–Crippen LogP) is 4.94. The molecule has 0 spiro atoms. The topological polar surface area (TPSA) is 75.5 Å². The Morgan fingerprint density at radius 2 is 1.81 bits per heavy atom. The van der Waals surface area contributed by atoms with Gasteiger partial charge >= 0.3 is 0 Å². The largest absolute Gasteiger partial charge is 0.293 e. The Balaban J connectivity index is 1.60. The fourth-order valence-electron chi connectivity index (χ4n) is 4.40. The first-order valence-corrected chi connectivity index (χ1v) is 14.6. The highest BCUT2D eigenvalue weighted by Crippen LogP contribution is 2.35. The third-order valence-corrected chi connectivity index (χ3v) is 9.57. The molecule has 186 valence electrons. The maximum absolute atomic E-state index is 13.3. The Hall–Kier alpha value is -2.79. The number of carbonyl (C=O) groups is 1. The highest BCUT2D eigenvalue weighted by molar-refractivity contribution is 8.26. The fourth-order valence-corrected chi connectivity index (χ4v) is 7.34. The van der Waals surface area contributed by atoms with Gasteiger partial charge in [-0.05, 0) is 50.1 Å². The molecule has 36 heavy (non-hydrogen) atoms. The highest BCUT2D eigenvalue weighted by atomic mass is 32.2. The van der Waals surface area contributed by atoms with Crippen LogP contribution in [0.5, 0.6) is 0 Å². The number of amides is 1. The van der Waals surface area contributed by atoms with Crippen LogP contribution in [0.4, 0.5) is 0 Å². The third kappa shape index (κ3) is 4.78. The van der Waals surface area contributed by atoms with Gasteiger partial charge in [0.25, 0.3) is 5.91 Å². The summed E-state index contributed by atoms with van der Waals surface area (Å²) in [4.78, 5) is 15.2. The number of para-hydroxylation sites is 1. The van der Waals surface area contributed by atoms with E-state index in [2.05, 4.69) is 0 Å². The van der Waals surface area contributed by atoms with Crippen LogP contribution < -0.4 is 0 Å². The van der Waals surface area contributed by atoms with E-state index in [9.17, 15) is 13.2 Å². The van der Waals surface area contributed by atoms with Crippen molar-refractivity contribution in [2.45, 2.75) is 31.1 Å². The van der Waals surface area contributed by atoms with E-state index in [0.717, 1.165) is 24.9 Å². The Kier molecular flexibility index (Phi) is 7.11. The van der Waals surface area contributed by atoms with Gasteiger partial charge in [0.05, 0.1) is 15.5 Å². The van der Waals surface area contributed by atoms with Crippen LogP contribution in [0.2, 0.25) is 0 Å². The molecule has 2 fully saturated rings. The van der Waals surface area contributed by atoms with Crippen molar-refractivity contribution in [3.63, 3.8) is 0 Å². The number of carbonyl (C=O) groups excluding carboxylic acids is 1. The minimum Gasteiger partial charge on any atom is -0.293 e. The van der Waals surface area contributed by atoms with Crippen LogP contribution in [0.1, 0.15) is 31.7 Å². The zero-order valence-electron chi connectivity index (χ0n) is 19.8. The number of benzene rings is 2. The van der Waals surface area contributed by atoms with Crippen molar-refractivity contribution < 1.29 is 13.2 Å². The molecule has 1 aromatic heterocycles. The second-order valence-electron chi connectivity index (χ2n) is 8.63. The quantitative estimate of drug-likeness (QED) is 0.327. The average molecular weight is 539 g/mol. The van der Waals surface area contributed by atoms with E-state index in [-0.39, 0.29) is 10.8 Å². The number of nitrogens with zero attached hydrogens (tertiary/aromatic N) is 4. The van der Waals surface area contributed by atoms with Crippen LogP contribution in [-0.4, -0.2) is 57.3 Å². The van der Waals surface area contributed by atoms with Crippen molar-refractivity contribution in [1.29, 1.82) is 0 Å². The summed E-state index contributed by atoms with van der Waals surface area (Å²) in [6.45, 7) is 3.48.